The van der Waals surface area contributed by atoms with Crippen LogP contribution in [-0.2, 0) is 0 Å². The fourth-order valence-corrected chi connectivity index (χ4v) is 9.14. The number of urea groups is 1. The van der Waals surface area contributed by atoms with Gasteiger partial charge in [0, 0.05) is 16.8 Å². The summed E-state index contributed by atoms with van der Waals surface area (Å²) in [5.41, 5.74) is 19.1. The third kappa shape index (κ3) is 3.38. The van der Waals surface area contributed by atoms with Crippen molar-refractivity contribution in [1.82, 2.24) is 0 Å². The molecule has 3 heterocycles. The van der Waals surface area contributed by atoms with E-state index >= 15 is 4.79 Å². The lowest BCUT2D eigenvalue weighted by atomic mass is 9.32. The van der Waals surface area contributed by atoms with E-state index in [0.717, 1.165) is 22.7 Å². The summed E-state index contributed by atoms with van der Waals surface area (Å²) in [6, 6.07) is 35.0. The number of carbonyl (C=O) groups excluding carboxylic acids is 1. The Bertz CT molecular complexity index is 2140. The monoisotopic (exact) mass is 592 g/mol. The van der Waals surface area contributed by atoms with Crippen LogP contribution in [-0.4, -0.2) is 19.5 Å². The molecule has 3 aliphatic heterocycles. The fourth-order valence-electron chi connectivity index (χ4n) is 9.14. The molecule has 0 saturated carbocycles. The normalized spacial score (nSPS) is 14.2. The van der Waals surface area contributed by atoms with Gasteiger partial charge in [0.15, 0.2) is 0 Å². The van der Waals surface area contributed by atoms with Gasteiger partial charge in [0.05, 0.1) is 11.4 Å². The van der Waals surface area contributed by atoms with E-state index in [1.54, 1.807) is 0 Å². The molecule has 0 aromatic heterocycles. The van der Waals surface area contributed by atoms with Crippen molar-refractivity contribution in [3.8, 4) is 0 Å². The summed E-state index contributed by atoms with van der Waals surface area (Å²) in [5.74, 6) is 0. The molecule has 9 rings (SSSR count). The summed E-state index contributed by atoms with van der Waals surface area (Å²) < 4.78 is 0. The van der Waals surface area contributed by atoms with Crippen LogP contribution in [0.1, 0.15) is 33.4 Å². The number of hydrogen-bond donors (Lipinski definition) is 0. The average Bonchev–Trinajstić information content (AvgIpc) is 3.03. The van der Waals surface area contributed by atoms with Gasteiger partial charge in [-0.3, -0.25) is 9.80 Å². The number of rotatable bonds is 2. The Morgan fingerprint density at radius 3 is 1.24 bits per heavy atom. The summed E-state index contributed by atoms with van der Waals surface area (Å²) in [7, 11) is 0. The molecule has 0 N–H and O–H groups in total. The summed E-state index contributed by atoms with van der Waals surface area (Å²) >= 11 is 0. The molecule has 3 nitrogen and oxygen atoms in total. The summed E-state index contributed by atoms with van der Waals surface area (Å²) in [6.45, 7) is 13.4. The van der Waals surface area contributed by atoms with Gasteiger partial charge in [-0.25, -0.2) is 4.79 Å². The molecule has 0 saturated heterocycles. The van der Waals surface area contributed by atoms with Gasteiger partial charge in [0.1, 0.15) is 0 Å². The van der Waals surface area contributed by atoms with E-state index in [4.69, 9.17) is 0 Å². The van der Waals surface area contributed by atoms with E-state index in [9.17, 15) is 0 Å². The number of benzene rings is 6. The van der Waals surface area contributed by atoms with E-state index in [1.807, 2.05) is 9.80 Å². The Morgan fingerprint density at radius 1 is 0.435 bits per heavy atom. The Hall–Kier alpha value is -5.02. The minimum absolute atomic E-state index is 0.0104. The Labute approximate surface area is 271 Å². The van der Waals surface area contributed by atoms with Crippen molar-refractivity contribution in [2.24, 2.45) is 0 Å². The molecule has 0 radical (unpaired) electrons. The SMILES string of the molecule is Cc1cccc(C)c1B1c2ccccc2N2C(=O)N3c4ccccc4B(c4c(C)cccc4C)c4cc(C)c5c(C)cc1c2c5c43. The second kappa shape index (κ2) is 9.50. The highest BCUT2D eigenvalue weighted by Gasteiger charge is 2.49. The minimum Gasteiger partial charge on any atom is -0.263 e. The van der Waals surface area contributed by atoms with Crippen molar-refractivity contribution in [2.75, 3.05) is 9.80 Å². The summed E-state index contributed by atoms with van der Waals surface area (Å²) in [4.78, 5) is 19.3. The summed E-state index contributed by atoms with van der Waals surface area (Å²) in [6.07, 6.45) is 0. The number of nitrogens with zero attached hydrogens (tertiary/aromatic N) is 2. The number of para-hydroxylation sites is 2. The van der Waals surface area contributed by atoms with Crippen LogP contribution in [0.15, 0.2) is 97.1 Å². The van der Waals surface area contributed by atoms with E-state index < -0.39 is 0 Å². The van der Waals surface area contributed by atoms with Gasteiger partial charge in [0.2, 0.25) is 13.4 Å². The van der Waals surface area contributed by atoms with Crippen LogP contribution in [0.25, 0.3) is 10.8 Å². The standard InChI is InChI=1S/C41H34B2N2O/c1-23-13-11-14-24(2)37(23)42-29-17-7-9-19-33(29)44-39-31(42)21-27(5)35-28(6)22-32-40(36(35)39)45(41(44)46)34-20-10-8-18-30(34)43(32)38-25(3)15-12-16-26(38)4/h7-22H,1-6H3. The molecule has 46 heavy (non-hydrogen) atoms. The van der Waals surface area contributed by atoms with Crippen molar-refractivity contribution in [3.63, 3.8) is 0 Å². The third-order valence-corrected chi connectivity index (χ3v) is 10.9. The number of carbonyl (C=O) groups is 1. The molecule has 0 atom stereocenters. The highest BCUT2D eigenvalue weighted by atomic mass is 16.2. The second-order valence-corrected chi connectivity index (χ2v) is 13.6. The Morgan fingerprint density at radius 2 is 0.826 bits per heavy atom. The second-order valence-electron chi connectivity index (χ2n) is 13.6. The van der Waals surface area contributed by atoms with Gasteiger partial charge >= 0.3 is 6.03 Å². The maximum Gasteiger partial charge on any atom is 0.338 e. The number of anilines is 4. The first-order valence-corrected chi connectivity index (χ1v) is 16.3. The molecular formula is C41H34B2N2O. The van der Waals surface area contributed by atoms with E-state index in [-0.39, 0.29) is 19.5 Å². The topological polar surface area (TPSA) is 23.6 Å². The predicted molar refractivity (Wildman–Crippen MR) is 197 cm³/mol. The summed E-state index contributed by atoms with van der Waals surface area (Å²) in [5, 5.41) is 2.44. The van der Waals surface area contributed by atoms with Crippen LogP contribution in [0.2, 0.25) is 0 Å². The molecule has 0 fully saturated rings. The fraction of sp³-hybridized carbons (Fsp3) is 0.146. The molecule has 220 valence electrons. The molecule has 3 aliphatic rings. The highest BCUT2D eigenvalue weighted by molar-refractivity contribution is 7.00. The van der Waals surface area contributed by atoms with Crippen molar-refractivity contribution in [2.45, 2.75) is 41.5 Å². The van der Waals surface area contributed by atoms with Crippen LogP contribution in [0.3, 0.4) is 0 Å². The van der Waals surface area contributed by atoms with Gasteiger partial charge in [-0.05, 0) is 92.0 Å². The zero-order valence-electron chi connectivity index (χ0n) is 27.2. The number of hydrogen-bond acceptors (Lipinski definition) is 1. The highest BCUT2D eigenvalue weighted by Crippen LogP contribution is 2.48. The van der Waals surface area contributed by atoms with Gasteiger partial charge in [-0.15, -0.1) is 0 Å². The molecule has 5 heteroatoms. The first-order chi connectivity index (χ1) is 22.3. The van der Waals surface area contributed by atoms with Crippen LogP contribution in [0.4, 0.5) is 27.5 Å². The van der Waals surface area contributed by atoms with Crippen molar-refractivity contribution >= 4 is 85.8 Å². The molecule has 6 aromatic carbocycles. The van der Waals surface area contributed by atoms with Crippen molar-refractivity contribution in [1.29, 1.82) is 0 Å². The maximum absolute atomic E-state index is 15.3. The molecule has 0 aliphatic carbocycles. The molecule has 6 aromatic rings. The Kier molecular flexibility index (Phi) is 5.64. The largest absolute Gasteiger partial charge is 0.338 e. The first kappa shape index (κ1) is 27.3. The van der Waals surface area contributed by atoms with E-state index in [2.05, 4.69) is 139 Å². The molecule has 0 bridgehead atoms. The lowest BCUT2D eigenvalue weighted by molar-refractivity contribution is 0.255. The Balaban J connectivity index is 1.48. The predicted octanol–water partition coefficient (Wildman–Crippen LogP) is 5.76. The minimum atomic E-state index is -0.0104. The quantitative estimate of drug-likeness (QED) is 0.235. The number of amides is 2. The van der Waals surface area contributed by atoms with Crippen LogP contribution >= 0.6 is 0 Å². The molecule has 2 amide bonds. The molecule has 0 unspecified atom stereocenters. The van der Waals surface area contributed by atoms with Crippen LogP contribution in [0, 0.1) is 41.5 Å². The maximum atomic E-state index is 15.3. The van der Waals surface area contributed by atoms with Gasteiger partial charge in [0.25, 0.3) is 0 Å². The van der Waals surface area contributed by atoms with Crippen LogP contribution in [0.5, 0.6) is 0 Å². The van der Waals surface area contributed by atoms with E-state index in [0.29, 0.717) is 0 Å². The number of fused-ring (bicyclic) bond motifs is 4. The third-order valence-electron chi connectivity index (χ3n) is 10.9. The van der Waals surface area contributed by atoms with Crippen molar-refractivity contribution in [3.05, 3.63) is 130 Å². The average molecular weight is 592 g/mol. The zero-order chi connectivity index (χ0) is 31.6. The van der Waals surface area contributed by atoms with Gasteiger partial charge in [-0.1, -0.05) is 118 Å². The van der Waals surface area contributed by atoms with Crippen molar-refractivity contribution < 1.29 is 4.79 Å². The smallest absolute Gasteiger partial charge is 0.263 e. The van der Waals surface area contributed by atoms with Gasteiger partial charge in [-0.2, -0.15) is 0 Å². The van der Waals surface area contributed by atoms with Gasteiger partial charge < -0.3 is 0 Å². The zero-order valence-corrected chi connectivity index (χ0v) is 27.2. The lowest BCUT2D eigenvalue weighted by Crippen LogP contribution is -2.65. The first-order valence-electron chi connectivity index (χ1n) is 16.3. The number of aryl methyl sites for hydroxylation is 6. The molecular weight excluding hydrogens is 558 g/mol. The van der Waals surface area contributed by atoms with Crippen LogP contribution < -0.4 is 42.6 Å². The van der Waals surface area contributed by atoms with E-state index in [1.165, 1.54) is 76.9 Å². The molecule has 0 spiro atoms. The lowest BCUT2D eigenvalue weighted by Gasteiger charge is -2.47.